The molecular weight excluding hydrogens is 272 g/mol. The highest BCUT2D eigenvalue weighted by Gasteiger charge is 2.19. The van der Waals surface area contributed by atoms with Gasteiger partial charge in [0.2, 0.25) is 0 Å². The van der Waals surface area contributed by atoms with Crippen molar-refractivity contribution in [2.24, 2.45) is 0 Å². The molecule has 2 aromatic carbocycles. The smallest absolute Gasteiger partial charge is 0.441 e. The third-order valence-corrected chi connectivity index (χ3v) is 3.30. The lowest BCUT2D eigenvalue weighted by molar-refractivity contribution is 0.423. The van der Waals surface area contributed by atoms with Gasteiger partial charge < -0.3 is 14.5 Å². The van der Waals surface area contributed by atoms with Gasteiger partial charge in [-0.3, -0.25) is 0 Å². The molecule has 106 valence electrons. The molecule has 0 bridgehead atoms. The third-order valence-electron chi connectivity index (χ3n) is 3.30. The van der Waals surface area contributed by atoms with Gasteiger partial charge in [-0.15, -0.1) is 0 Å². The SMILES string of the molecule is OB(O)c1cc2oc(CCc3ccccc3)nc2cc1F. The van der Waals surface area contributed by atoms with Crippen molar-refractivity contribution in [3.8, 4) is 0 Å². The van der Waals surface area contributed by atoms with Crippen molar-refractivity contribution in [3.63, 3.8) is 0 Å². The summed E-state index contributed by atoms with van der Waals surface area (Å²) in [6, 6.07) is 12.3. The molecule has 0 saturated carbocycles. The fraction of sp³-hybridized carbons (Fsp3) is 0.133. The first-order chi connectivity index (χ1) is 10.1. The van der Waals surface area contributed by atoms with Gasteiger partial charge in [0.25, 0.3) is 0 Å². The largest absolute Gasteiger partial charge is 0.491 e. The van der Waals surface area contributed by atoms with Crippen LogP contribution in [0.4, 0.5) is 4.39 Å². The van der Waals surface area contributed by atoms with Crippen LogP contribution in [0.1, 0.15) is 11.5 Å². The Kier molecular flexibility index (Phi) is 3.73. The lowest BCUT2D eigenvalue weighted by atomic mass is 9.80. The van der Waals surface area contributed by atoms with Gasteiger partial charge in [-0.25, -0.2) is 9.37 Å². The second kappa shape index (κ2) is 5.67. The molecule has 0 fully saturated rings. The van der Waals surface area contributed by atoms with Crippen molar-refractivity contribution in [2.75, 3.05) is 0 Å². The summed E-state index contributed by atoms with van der Waals surface area (Å²) in [4.78, 5) is 4.22. The summed E-state index contributed by atoms with van der Waals surface area (Å²) in [6.45, 7) is 0. The van der Waals surface area contributed by atoms with Crippen LogP contribution in [-0.2, 0) is 12.8 Å². The molecule has 0 aliphatic carbocycles. The summed E-state index contributed by atoms with van der Waals surface area (Å²) < 4.78 is 19.2. The van der Waals surface area contributed by atoms with Gasteiger partial charge >= 0.3 is 7.12 Å². The van der Waals surface area contributed by atoms with E-state index >= 15 is 0 Å². The maximum absolute atomic E-state index is 13.6. The summed E-state index contributed by atoms with van der Waals surface area (Å²) in [5.74, 6) is -0.210. The Bertz CT molecular complexity index is 758. The van der Waals surface area contributed by atoms with Crippen LogP contribution in [0.15, 0.2) is 46.9 Å². The van der Waals surface area contributed by atoms with Gasteiger partial charge in [-0.1, -0.05) is 30.3 Å². The first kappa shape index (κ1) is 13.8. The molecule has 1 heterocycles. The van der Waals surface area contributed by atoms with Crippen molar-refractivity contribution in [2.45, 2.75) is 12.8 Å². The summed E-state index contributed by atoms with van der Waals surface area (Å²) in [6.07, 6.45) is 1.36. The second-order valence-corrected chi connectivity index (χ2v) is 4.81. The predicted octanol–water partition coefficient (Wildman–Crippen LogP) is 1.43. The van der Waals surface area contributed by atoms with E-state index in [0.717, 1.165) is 18.1 Å². The molecule has 1 aromatic heterocycles. The molecule has 21 heavy (non-hydrogen) atoms. The van der Waals surface area contributed by atoms with Gasteiger partial charge in [-0.05, 0) is 18.1 Å². The first-order valence-electron chi connectivity index (χ1n) is 6.62. The van der Waals surface area contributed by atoms with E-state index in [1.165, 1.54) is 6.07 Å². The third kappa shape index (κ3) is 2.96. The average Bonchev–Trinajstić information content (AvgIpc) is 2.87. The molecule has 0 unspecified atom stereocenters. The van der Waals surface area contributed by atoms with E-state index in [1.54, 1.807) is 0 Å². The minimum atomic E-state index is -1.87. The van der Waals surface area contributed by atoms with Crippen molar-refractivity contribution in [1.29, 1.82) is 0 Å². The topological polar surface area (TPSA) is 66.5 Å². The van der Waals surface area contributed by atoms with Crippen molar-refractivity contribution < 1.29 is 18.9 Å². The molecule has 0 aliphatic heterocycles. The maximum Gasteiger partial charge on any atom is 0.491 e. The normalized spacial score (nSPS) is 11.0. The zero-order valence-corrected chi connectivity index (χ0v) is 11.2. The van der Waals surface area contributed by atoms with Crippen LogP contribution in [0.3, 0.4) is 0 Å². The molecule has 3 aromatic rings. The zero-order chi connectivity index (χ0) is 14.8. The minimum Gasteiger partial charge on any atom is -0.441 e. The molecule has 6 heteroatoms. The van der Waals surface area contributed by atoms with Gasteiger partial charge in [0, 0.05) is 17.9 Å². The van der Waals surface area contributed by atoms with Crippen molar-refractivity contribution >= 4 is 23.7 Å². The number of benzene rings is 2. The van der Waals surface area contributed by atoms with Crippen LogP contribution in [0.2, 0.25) is 0 Å². The minimum absolute atomic E-state index is 0.215. The number of aromatic nitrogens is 1. The molecule has 0 radical (unpaired) electrons. The highest BCUT2D eigenvalue weighted by Crippen LogP contribution is 2.17. The Morgan fingerprint density at radius 2 is 1.86 bits per heavy atom. The monoisotopic (exact) mass is 285 g/mol. The number of fused-ring (bicyclic) bond motifs is 1. The first-order valence-corrected chi connectivity index (χ1v) is 6.62. The molecule has 0 amide bonds. The van der Waals surface area contributed by atoms with Gasteiger partial charge in [-0.2, -0.15) is 0 Å². The lowest BCUT2D eigenvalue weighted by Gasteiger charge is -1.99. The van der Waals surface area contributed by atoms with E-state index in [9.17, 15) is 4.39 Å². The lowest BCUT2D eigenvalue weighted by Crippen LogP contribution is -2.32. The number of aryl methyl sites for hydroxylation is 2. The van der Waals surface area contributed by atoms with Crippen LogP contribution >= 0.6 is 0 Å². The summed E-state index contributed by atoms with van der Waals surface area (Å²) >= 11 is 0. The number of halogens is 1. The Hall–Kier alpha value is -2.18. The fourth-order valence-corrected chi connectivity index (χ4v) is 2.21. The summed E-state index contributed by atoms with van der Waals surface area (Å²) in [5, 5.41) is 18.2. The molecule has 2 N–H and O–H groups in total. The van der Waals surface area contributed by atoms with Gasteiger partial charge in [0.05, 0.1) is 0 Å². The van der Waals surface area contributed by atoms with Crippen LogP contribution < -0.4 is 5.46 Å². The molecule has 0 saturated heterocycles. The number of hydrogen-bond acceptors (Lipinski definition) is 4. The summed E-state index contributed by atoms with van der Waals surface area (Å²) in [5.41, 5.74) is 1.67. The highest BCUT2D eigenvalue weighted by atomic mass is 19.1. The van der Waals surface area contributed by atoms with E-state index in [2.05, 4.69) is 4.98 Å². The second-order valence-electron chi connectivity index (χ2n) is 4.81. The maximum atomic E-state index is 13.6. The van der Waals surface area contributed by atoms with E-state index in [-0.39, 0.29) is 5.46 Å². The quantitative estimate of drug-likeness (QED) is 0.712. The van der Waals surface area contributed by atoms with E-state index in [1.807, 2.05) is 30.3 Å². The van der Waals surface area contributed by atoms with Crippen LogP contribution in [0, 0.1) is 5.82 Å². The van der Waals surface area contributed by atoms with Crippen molar-refractivity contribution in [3.05, 3.63) is 59.7 Å². The Morgan fingerprint density at radius 1 is 1.10 bits per heavy atom. The summed E-state index contributed by atoms with van der Waals surface area (Å²) in [7, 11) is -1.87. The predicted molar refractivity (Wildman–Crippen MR) is 77.6 cm³/mol. The Balaban J connectivity index is 1.84. The zero-order valence-electron chi connectivity index (χ0n) is 11.2. The van der Waals surface area contributed by atoms with E-state index in [0.29, 0.717) is 23.4 Å². The molecular formula is C15H13BFNO3. The van der Waals surface area contributed by atoms with Crippen LogP contribution in [0.25, 0.3) is 11.1 Å². The van der Waals surface area contributed by atoms with Crippen LogP contribution in [-0.4, -0.2) is 22.2 Å². The van der Waals surface area contributed by atoms with Crippen LogP contribution in [0.5, 0.6) is 0 Å². The van der Waals surface area contributed by atoms with Gasteiger partial charge in [0.1, 0.15) is 11.3 Å². The highest BCUT2D eigenvalue weighted by molar-refractivity contribution is 6.59. The van der Waals surface area contributed by atoms with Crippen molar-refractivity contribution in [1.82, 2.24) is 4.98 Å². The Morgan fingerprint density at radius 3 is 2.57 bits per heavy atom. The molecule has 3 rings (SSSR count). The molecule has 4 nitrogen and oxygen atoms in total. The fourth-order valence-electron chi connectivity index (χ4n) is 2.21. The Labute approximate surface area is 121 Å². The molecule has 0 aliphatic rings. The average molecular weight is 285 g/mol. The van der Waals surface area contributed by atoms with E-state index < -0.39 is 12.9 Å². The van der Waals surface area contributed by atoms with E-state index in [4.69, 9.17) is 14.5 Å². The number of oxazole rings is 1. The number of rotatable bonds is 4. The number of hydrogen-bond donors (Lipinski definition) is 2. The van der Waals surface area contributed by atoms with Gasteiger partial charge in [0.15, 0.2) is 11.5 Å². The molecule has 0 spiro atoms. The number of nitrogens with zero attached hydrogens (tertiary/aromatic N) is 1. The molecule has 0 atom stereocenters. The standard InChI is InChI=1S/C15H13BFNO3/c17-12-9-13-14(8-11(12)16(19)20)21-15(18-13)7-6-10-4-2-1-3-5-10/h1-5,8-9,19-20H,6-7H2.